The van der Waals surface area contributed by atoms with Crippen molar-refractivity contribution in [1.29, 1.82) is 0 Å². The minimum Gasteiger partial charge on any atom is -0.357 e. The third-order valence-corrected chi connectivity index (χ3v) is 4.07. The predicted molar refractivity (Wildman–Crippen MR) is 123 cm³/mol. The molecule has 0 spiro atoms. The van der Waals surface area contributed by atoms with E-state index in [-0.39, 0.29) is 29.9 Å². The number of nitrogens with one attached hydrogen (secondary N) is 2. The van der Waals surface area contributed by atoms with Crippen LogP contribution in [0, 0.1) is 11.6 Å². The summed E-state index contributed by atoms with van der Waals surface area (Å²) in [5.74, 6) is -0.326. The minimum atomic E-state index is -0.451. The van der Waals surface area contributed by atoms with E-state index in [0.717, 1.165) is 17.7 Å². The van der Waals surface area contributed by atoms with Crippen LogP contribution in [0.4, 0.5) is 8.78 Å². The third kappa shape index (κ3) is 7.96. The van der Waals surface area contributed by atoms with Gasteiger partial charge in [-0.2, -0.15) is 0 Å². The summed E-state index contributed by atoms with van der Waals surface area (Å²) < 4.78 is 26.9. The van der Waals surface area contributed by atoms with E-state index in [9.17, 15) is 13.6 Å². The van der Waals surface area contributed by atoms with Gasteiger partial charge in [0, 0.05) is 32.7 Å². The second-order valence-electron chi connectivity index (χ2n) is 6.50. The van der Waals surface area contributed by atoms with E-state index < -0.39 is 11.6 Å². The Balaban J connectivity index is 0.00000420. The molecule has 0 bridgehead atoms. The van der Waals surface area contributed by atoms with Crippen molar-refractivity contribution in [3.05, 3.63) is 70.8 Å². The standard InChI is InChI=1S/C21H26F2N4O.HI/c1-4-24-21(25-12-11-17-13-18(22)9-10-19(17)23)26-14-15-5-7-16(8-6-15)20(28)27(2)3;/h5-10,13H,4,11-12,14H2,1-3H3,(H2,24,25,26);1H. The van der Waals surface area contributed by atoms with Gasteiger partial charge in [-0.25, -0.2) is 13.8 Å². The zero-order chi connectivity index (χ0) is 20.5. The van der Waals surface area contributed by atoms with Gasteiger partial charge in [0.1, 0.15) is 11.6 Å². The molecule has 158 valence electrons. The lowest BCUT2D eigenvalue weighted by atomic mass is 10.1. The average Bonchev–Trinajstić information content (AvgIpc) is 2.68. The van der Waals surface area contributed by atoms with Gasteiger partial charge in [0.05, 0.1) is 6.54 Å². The summed E-state index contributed by atoms with van der Waals surface area (Å²) in [4.78, 5) is 17.9. The lowest BCUT2D eigenvalue weighted by Crippen LogP contribution is -2.38. The highest BCUT2D eigenvalue weighted by atomic mass is 127. The predicted octanol–water partition coefficient (Wildman–Crippen LogP) is 3.58. The van der Waals surface area contributed by atoms with Crippen molar-refractivity contribution in [2.24, 2.45) is 4.99 Å². The molecule has 2 N–H and O–H groups in total. The van der Waals surface area contributed by atoms with Crippen LogP contribution in [0.15, 0.2) is 47.5 Å². The van der Waals surface area contributed by atoms with Crippen molar-refractivity contribution in [3.8, 4) is 0 Å². The summed E-state index contributed by atoms with van der Waals surface area (Å²) in [6.45, 7) is 3.48. The summed E-state index contributed by atoms with van der Waals surface area (Å²) in [6, 6.07) is 10.7. The molecule has 0 aromatic heterocycles. The number of carbonyl (C=O) groups is 1. The van der Waals surface area contributed by atoms with Gasteiger partial charge in [-0.3, -0.25) is 4.79 Å². The molecule has 0 atom stereocenters. The topological polar surface area (TPSA) is 56.7 Å². The molecule has 0 aliphatic carbocycles. The summed E-state index contributed by atoms with van der Waals surface area (Å²) in [7, 11) is 3.43. The number of benzene rings is 2. The number of rotatable bonds is 7. The molecule has 29 heavy (non-hydrogen) atoms. The first kappa shape index (κ1) is 24.8. The normalized spacial score (nSPS) is 10.9. The van der Waals surface area contributed by atoms with Crippen molar-refractivity contribution >= 4 is 35.8 Å². The van der Waals surface area contributed by atoms with E-state index >= 15 is 0 Å². The molecule has 2 rings (SSSR count). The highest BCUT2D eigenvalue weighted by molar-refractivity contribution is 14.0. The average molecular weight is 516 g/mol. The molecule has 1 amide bonds. The summed E-state index contributed by atoms with van der Waals surface area (Å²) >= 11 is 0. The number of aliphatic imine (C=N–C) groups is 1. The van der Waals surface area contributed by atoms with Gasteiger partial charge in [0.25, 0.3) is 5.91 Å². The molecule has 0 saturated heterocycles. The van der Waals surface area contributed by atoms with Gasteiger partial charge in [-0.05, 0) is 54.8 Å². The van der Waals surface area contributed by atoms with Crippen LogP contribution in [-0.2, 0) is 13.0 Å². The Kier molecular flexibility index (Phi) is 10.6. The smallest absolute Gasteiger partial charge is 0.253 e. The number of amides is 1. The van der Waals surface area contributed by atoms with E-state index in [1.54, 1.807) is 26.2 Å². The molecule has 0 heterocycles. The van der Waals surface area contributed by atoms with Crippen LogP contribution in [-0.4, -0.2) is 44.0 Å². The summed E-state index contributed by atoms with van der Waals surface area (Å²) in [5, 5.41) is 6.24. The molecule has 0 unspecified atom stereocenters. The number of nitrogens with zero attached hydrogens (tertiary/aromatic N) is 2. The number of hydrogen-bond donors (Lipinski definition) is 2. The Morgan fingerprint density at radius 2 is 1.76 bits per heavy atom. The van der Waals surface area contributed by atoms with E-state index in [1.807, 2.05) is 19.1 Å². The van der Waals surface area contributed by atoms with Crippen molar-refractivity contribution in [2.45, 2.75) is 19.9 Å². The first-order valence-corrected chi connectivity index (χ1v) is 9.17. The molecule has 0 aliphatic heterocycles. The monoisotopic (exact) mass is 516 g/mol. The van der Waals surface area contributed by atoms with Crippen molar-refractivity contribution in [1.82, 2.24) is 15.5 Å². The zero-order valence-electron chi connectivity index (χ0n) is 16.8. The Hall–Kier alpha value is -2.23. The van der Waals surface area contributed by atoms with Crippen molar-refractivity contribution < 1.29 is 13.6 Å². The van der Waals surface area contributed by atoms with Crippen LogP contribution in [0.1, 0.15) is 28.4 Å². The molecule has 0 saturated carbocycles. The molecule has 0 fully saturated rings. The zero-order valence-corrected chi connectivity index (χ0v) is 19.2. The number of halogens is 3. The van der Waals surface area contributed by atoms with E-state index in [1.165, 1.54) is 11.0 Å². The third-order valence-electron chi connectivity index (χ3n) is 4.07. The molecule has 2 aromatic rings. The molecular formula is C21H27F2IN4O. The van der Waals surface area contributed by atoms with Gasteiger partial charge in [-0.1, -0.05) is 12.1 Å². The summed E-state index contributed by atoms with van der Waals surface area (Å²) in [6.07, 6.45) is 0.343. The highest BCUT2D eigenvalue weighted by Gasteiger charge is 2.07. The van der Waals surface area contributed by atoms with Gasteiger partial charge in [0.15, 0.2) is 5.96 Å². The number of hydrogen-bond acceptors (Lipinski definition) is 2. The number of carbonyl (C=O) groups excluding carboxylic acids is 1. The van der Waals surface area contributed by atoms with Crippen LogP contribution in [0.2, 0.25) is 0 Å². The first-order valence-electron chi connectivity index (χ1n) is 9.17. The maximum atomic E-state index is 13.7. The van der Waals surface area contributed by atoms with Gasteiger partial charge in [0.2, 0.25) is 0 Å². The van der Waals surface area contributed by atoms with Crippen molar-refractivity contribution in [3.63, 3.8) is 0 Å². The SMILES string of the molecule is CCNC(=NCc1ccc(C(=O)N(C)C)cc1)NCCc1cc(F)ccc1F.I. The van der Waals surface area contributed by atoms with E-state index in [4.69, 9.17) is 0 Å². The maximum absolute atomic E-state index is 13.7. The van der Waals surface area contributed by atoms with Crippen LogP contribution in [0.5, 0.6) is 0 Å². The minimum absolute atomic E-state index is 0. The molecule has 8 heteroatoms. The Bertz CT molecular complexity index is 826. The lowest BCUT2D eigenvalue weighted by molar-refractivity contribution is 0.0827. The second kappa shape index (κ2) is 12.4. The van der Waals surface area contributed by atoms with Crippen molar-refractivity contribution in [2.75, 3.05) is 27.2 Å². The van der Waals surface area contributed by atoms with E-state index in [2.05, 4.69) is 15.6 Å². The molecular weight excluding hydrogens is 489 g/mol. The second-order valence-corrected chi connectivity index (χ2v) is 6.50. The van der Waals surface area contributed by atoms with Crippen LogP contribution in [0.3, 0.4) is 0 Å². The van der Waals surface area contributed by atoms with Crippen LogP contribution >= 0.6 is 24.0 Å². The Labute approximate surface area is 187 Å². The quantitative estimate of drug-likeness (QED) is 0.336. The fourth-order valence-corrected chi connectivity index (χ4v) is 2.57. The number of guanidine groups is 1. The maximum Gasteiger partial charge on any atom is 0.253 e. The molecule has 2 aromatic carbocycles. The highest BCUT2D eigenvalue weighted by Crippen LogP contribution is 2.10. The van der Waals surface area contributed by atoms with Gasteiger partial charge in [-0.15, -0.1) is 24.0 Å². The fourth-order valence-electron chi connectivity index (χ4n) is 2.57. The Morgan fingerprint density at radius 3 is 2.38 bits per heavy atom. The molecule has 5 nitrogen and oxygen atoms in total. The lowest BCUT2D eigenvalue weighted by Gasteiger charge is -2.12. The van der Waals surface area contributed by atoms with E-state index in [0.29, 0.717) is 43.1 Å². The van der Waals surface area contributed by atoms with Gasteiger partial charge >= 0.3 is 0 Å². The van der Waals surface area contributed by atoms with Crippen LogP contribution < -0.4 is 10.6 Å². The Morgan fingerprint density at radius 1 is 1.07 bits per heavy atom. The molecule has 0 aliphatic rings. The molecule has 0 radical (unpaired) electrons. The summed E-state index contributed by atoms with van der Waals surface area (Å²) in [5.41, 5.74) is 1.91. The fraction of sp³-hybridized carbons (Fsp3) is 0.333. The first-order chi connectivity index (χ1) is 13.4. The largest absolute Gasteiger partial charge is 0.357 e. The van der Waals surface area contributed by atoms with Gasteiger partial charge < -0.3 is 15.5 Å². The van der Waals surface area contributed by atoms with Crippen LogP contribution in [0.25, 0.3) is 0 Å².